The number of phenols is 1. The van der Waals surface area contributed by atoms with Gasteiger partial charge in [-0.3, -0.25) is 28.9 Å². The summed E-state index contributed by atoms with van der Waals surface area (Å²) in [5.74, 6) is -8.17. The SMILES string of the molecule is NC(=O)C1=C(O)C2(O)C(=O)C3=C(O)c4c(ccc(CN5C(=O)c6ccccc6C5=O)c4O)CC3CC2CC1=O. The van der Waals surface area contributed by atoms with Crippen LogP contribution in [0.2, 0.25) is 0 Å². The van der Waals surface area contributed by atoms with Gasteiger partial charge in [-0.2, -0.15) is 0 Å². The van der Waals surface area contributed by atoms with Crippen molar-refractivity contribution in [2.75, 3.05) is 0 Å². The highest BCUT2D eigenvalue weighted by Crippen LogP contribution is 2.52. The van der Waals surface area contributed by atoms with Crippen molar-refractivity contribution in [3.63, 3.8) is 0 Å². The quantitative estimate of drug-likeness (QED) is 0.286. The zero-order valence-electron chi connectivity index (χ0n) is 20.3. The molecule has 3 amide bonds. The first-order chi connectivity index (χ1) is 18.5. The van der Waals surface area contributed by atoms with Gasteiger partial charge in [0.15, 0.2) is 11.4 Å². The van der Waals surface area contributed by atoms with E-state index in [0.29, 0.717) is 5.56 Å². The van der Waals surface area contributed by atoms with Crippen LogP contribution in [0, 0.1) is 11.8 Å². The molecule has 4 aliphatic rings. The Morgan fingerprint density at radius 3 is 2.23 bits per heavy atom. The van der Waals surface area contributed by atoms with Crippen LogP contribution < -0.4 is 5.73 Å². The highest BCUT2D eigenvalue weighted by molar-refractivity contribution is 6.23. The summed E-state index contributed by atoms with van der Waals surface area (Å²) in [5, 5.41) is 44.4. The normalized spacial score (nSPS) is 25.9. The van der Waals surface area contributed by atoms with Crippen LogP contribution in [0.25, 0.3) is 5.76 Å². The Morgan fingerprint density at radius 1 is 0.974 bits per heavy atom. The summed E-state index contributed by atoms with van der Waals surface area (Å²) in [6.07, 6.45) is -0.206. The molecule has 1 aliphatic heterocycles. The Hall–Kier alpha value is -4.77. The Morgan fingerprint density at radius 2 is 1.62 bits per heavy atom. The van der Waals surface area contributed by atoms with E-state index in [2.05, 4.69) is 0 Å². The van der Waals surface area contributed by atoms with Crippen LogP contribution in [0.3, 0.4) is 0 Å². The molecule has 0 bridgehead atoms. The van der Waals surface area contributed by atoms with Gasteiger partial charge in [0.1, 0.15) is 22.8 Å². The van der Waals surface area contributed by atoms with E-state index < -0.39 is 76.0 Å². The topological polar surface area (TPSA) is 196 Å². The monoisotopic (exact) mass is 530 g/mol. The smallest absolute Gasteiger partial charge is 0.261 e. The van der Waals surface area contributed by atoms with Crippen molar-refractivity contribution in [3.8, 4) is 5.75 Å². The van der Waals surface area contributed by atoms with Gasteiger partial charge in [-0.25, -0.2) is 0 Å². The maximum Gasteiger partial charge on any atom is 0.261 e. The Labute approximate surface area is 220 Å². The molecular formula is C28H22N2O9. The van der Waals surface area contributed by atoms with Crippen molar-refractivity contribution in [1.29, 1.82) is 0 Å². The van der Waals surface area contributed by atoms with Gasteiger partial charge in [-0.15, -0.1) is 0 Å². The average molecular weight is 530 g/mol. The number of hydrogen-bond donors (Lipinski definition) is 5. The highest BCUT2D eigenvalue weighted by atomic mass is 16.3. The number of primary amides is 1. The van der Waals surface area contributed by atoms with Gasteiger partial charge in [0, 0.05) is 23.5 Å². The summed E-state index contributed by atoms with van der Waals surface area (Å²) in [4.78, 5) is 64.4. The van der Waals surface area contributed by atoms with E-state index in [-0.39, 0.29) is 47.2 Å². The maximum absolute atomic E-state index is 13.6. The maximum atomic E-state index is 13.6. The summed E-state index contributed by atoms with van der Waals surface area (Å²) in [6, 6.07) is 9.44. The number of aliphatic hydroxyl groups is 3. The van der Waals surface area contributed by atoms with Crippen LogP contribution in [0.5, 0.6) is 5.75 Å². The number of ketones is 2. The van der Waals surface area contributed by atoms with Crippen molar-refractivity contribution in [3.05, 3.63) is 81.1 Å². The molecule has 0 radical (unpaired) electrons. The summed E-state index contributed by atoms with van der Waals surface area (Å²) in [6.45, 7) is -0.301. The van der Waals surface area contributed by atoms with Crippen molar-refractivity contribution < 1.29 is 44.4 Å². The first-order valence-corrected chi connectivity index (χ1v) is 12.2. The van der Waals surface area contributed by atoms with E-state index in [9.17, 15) is 44.4 Å². The third kappa shape index (κ3) is 3.16. The molecule has 198 valence electrons. The largest absolute Gasteiger partial charge is 0.508 e. The summed E-state index contributed by atoms with van der Waals surface area (Å²) in [7, 11) is 0. The number of Topliss-reactive ketones (excluding diaryl/α,β-unsaturated/α-hetero) is 2. The Kier molecular flexibility index (Phi) is 5.11. The highest BCUT2D eigenvalue weighted by Gasteiger charge is 2.60. The number of benzene rings is 2. The van der Waals surface area contributed by atoms with Crippen molar-refractivity contribution in [1.82, 2.24) is 4.90 Å². The number of aromatic hydroxyl groups is 1. The predicted molar refractivity (Wildman–Crippen MR) is 132 cm³/mol. The minimum atomic E-state index is -2.65. The second-order valence-electron chi connectivity index (χ2n) is 10.3. The number of phenolic OH excluding ortho intramolecular Hbond substituents is 1. The van der Waals surface area contributed by atoms with Gasteiger partial charge < -0.3 is 26.2 Å². The first-order valence-electron chi connectivity index (χ1n) is 12.2. The second-order valence-corrected chi connectivity index (χ2v) is 10.3. The first kappa shape index (κ1) is 24.6. The van der Waals surface area contributed by atoms with Crippen molar-refractivity contribution >= 4 is 35.0 Å². The molecule has 6 N–H and O–H groups in total. The number of amides is 3. The molecule has 1 fully saturated rings. The fourth-order valence-corrected chi connectivity index (χ4v) is 6.32. The van der Waals surface area contributed by atoms with Crippen LogP contribution in [0.4, 0.5) is 0 Å². The molecule has 2 aromatic carbocycles. The molecule has 11 nitrogen and oxygen atoms in total. The van der Waals surface area contributed by atoms with Crippen LogP contribution in [0.1, 0.15) is 50.2 Å². The van der Waals surface area contributed by atoms with Crippen molar-refractivity contribution in [2.45, 2.75) is 31.4 Å². The van der Waals surface area contributed by atoms with Gasteiger partial charge in [0.05, 0.1) is 23.2 Å². The third-order valence-electron chi connectivity index (χ3n) is 8.23. The molecule has 3 atom stereocenters. The van der Waals surface area contributed by atoms with Crippen LogP contribution in [-0.2, 0) is 27.3 Å². The van der Waals surface area contributed by atoms with Gasteiger partial charge >= 0.3 is 0 Å². The number of aliphatic hydroxyl groups excluding tert-OH is 2. The minimum Gasteiger partial charge on any atom is -0.508 e. The molecule has 0 spiro atoms. The molecular weight excluding hydrogens is 508 g/mol. The van der Waals surface area contributed by atoms with E-state index in [4.69, 9.17) is 5.73 Å². The average Bonchev–Trinajstić information content (AvgIpc) is 3.12. The van der Waals surface area contributed by atoms with E-state index in [1.807, 2.05) is 0 Å². The van der Waals surface area contributed by atoms with Crippen molar-refractivity contribution in [2.24, 2.45) is 17.6 Å². The van der Waals surface area contributed by atoms with Crippen LogP contribution in [0.15, 0.2) is 53.3 Å². The standard InChI is InChI=1S/C28H22N2O9/c29-25(36)20-17(31)9-14-8-13-7-11-5-6-12(10-30-26(37)15-3-1-2-4-16(15)27(30)38)21(32)18(11)22(33)19(13)23(34)28(14,39)24(20)35/h1-6,13-14,32-33,35,39H,7-10H2,(H2,29,36). The lowest BCUT2D eigenvalue weighted by Gasteiger charge is -2.46. The molecule has 39 heavy (non-hydrogen) atoms. The molecule has 1 saturated carbocycles. The number of fused-ring (bicyclic) bond motifs is 4. The molecule has 1 heterocycles. The van der Waals surface area contributed by atoms with Gasteiger partial charge in [0.2, 0.25) is 5.78 Å². The number of hydrogen-bond acceptors (Lipinski definition) is 9. The summed E-state index contributed by atoms with van der Waals surface area (Å²) < 4.78 is 0. The summed E-state index contributed by atoms with van der Waals surface area (Å²) in [5.41, 5.74) is 2.40. The molecule has 0 saturated heterocycles. The zero-order valence-corrected chi connectivity index (χ0v) is 20.3. The fraction of sp³-hybridized carbons (Fsp3) is 0.250. The number of rotatable bonds is 3. The van der Waals surface area contributed by atoms with E-state index in [0.717, 1.165) is 4.90 Å². The van der Waals surface area contributed by atoms with E-state index in [1.54, 1.807) is 18.2 Å². The number of imide groups is 1. The zero-order chi connectivity index (χ0) is 28.0. The Balaban J connectivity index is 1.41. The van der Waals surface area contributed by atoms with E-state index in [1.165, 1.54) is 18.2 Å². The molecule has 3 aliphatic carbocycles. The van der Waals surface area contributed by atoms with E-state index >= 15 is 0 Å². The second kappa shape index (κ2) is 8.11. The molecule has 11 heteroatoms. The van der Waals surface area contributed by atoms with Gasteiger partial charge in [-0.1, -0.05) is 24.3 Å². The number of carbonyl (C=O) groups excluding carboxylic acids is 5. The third-order valence-corrected chi connectivity index (χ3v) is 8.23. The minimum absolute atomic E-state index is 0.0282. The van der Waals surface area contributed by atoms with Crippen LogP contribution >= 0.6 is 0 Å². The molecule has 0 aromatic heterocycles. The molecule has 3 unspecified atom stereocenters. The number of nitrogens with two attached hydrogens (primary N) is 1. The van der Waals surface area contributed by atoms with Crippen LogP contribution in [-0.4, -0.2) is 60.2 Å². The lowest BCUT2D eigenvalue weighted by atomic mass is 9.59. The van der Waals surface area contributed by atoms with Gasteiger partial charge in [-0.05, 0) is 36.5 Å². The Bertz CT molecular complexity index is 1600. The summed E-state index contributed by atoms with van der Waals surface area (Å²) >= 11 is 0. The number of nitrogens with zero attached hydrogens (tertiary/aromatic N) is 1. The number of carbonyl (C=O) groups is 5. The molecule has 6 rings (SSSR count). The molecule has 2 aromatic rings. The van der Waals surface area contributed by atoms with Gasteiger partial charge in [0.25, 0.3) is 17.7 Å². The fourth-order valence-electron chi connectivity index (χ4n) is 6.32. The lowest BCUT2D eigenvalue weighted by molar-refractivity contribution is -0.147. The lowest BCUT2D eigenvalue weighted by Crippen LogP contribution is -2.58. The predicted octanol–water partition coefficient (Wildman–Crippen LogP) is 1.22.